The molecule has 3 nitrogen and oxygen atoms in total. The summed E-state index contributed by atoms with van der Waals surface area (Å²) in [6.45, 7) is 2.33. The number of benzene rings is 1. The third kappa shape index (κ3) is 3.22. The molecule has 116 valence electrons. The van der Waals surface area contributed by atoms with Gasteiger partial charge >= 0.3 is 0 Å². The Morgan fingerprint density at radius 3 is 2.81 bits per heavy atom. The fourth-order valence-electron chi connectivity index (χ4n) is 3.59. The van der Waals surface area contributed by atoms with Crippen LogP contribution >= 0.6 is 23.2 Å². The SMILES string of the molecule is CNC(c1ccc(Cl)c(Cl)c1)C1CCOC2(CCOC2)C1. The largest absolute Gasteiger partial charge is 0.378 e. The maximum atomic E-state index is 6.17. The van der Waals surface area contributed by atoms with E-state index in [0.29, 0.717) is 16.0 Å². The summed E-state index contributed by atoms with van der Waals surface area (Å²) < 4.78 is 11.6. The second kappa shape index (κ2) is 6.43. The molecule has 1 aromatic rings. The number of hydrogen-bond acceptors (Lipinski definition) is 3. The summed E-state index contributed by atoms with van der Waals surface area (Å²) in [5, 5.41) is 4.65. The van der Waals surface area contributed by atoms with E-state index >= 15 is 0 Å². The van der Waals surface area contributed by atoms with Gasteiger partial charge in [0.2, 0.25) is 0 Å². The Balaban J connectivity index is 1.80. The summed E-state index contributed by atoms with van der Waals surface area (Å²) in [6, 6.07) is 6.17. The normalized spacial score (nSPS) is 30.7. The highest BCUT2D eigenvalue weighted by molar-refractivity contribution is 6.42. The average molecular weight is 330 g/mol. The molecule has 2 heterocycles. The molecule has 2 saturated heterocycles. The standard InChI is InChI=1S/C16H21Cl2NO2/c1-19-15(11-2-3-13(17)14(18)8-11)12-4-6-21-16(9-12)5-7-20-10-16/h2-3,8,12,15,19H,4-7,9-10H2,1H3. The van der Waals surface area contributed by atoms with Gasteiger partial charge in [0.05, 0.1) is 22.3 Å². The Kier molecular flexibility index (Phi) is 4.77. The smallest absolute Gasteiger partial charge is 0.0940 e. The molecule has 5 heteroatoms. The predicted molar refractivity (Wildman–Crippen MR) is 85.1 cm³/mol. The van der Waals surface area contributed by atoms with Crippen molar-refractivity contribution in [1.29, 1.82) is 0 Å². The quantitative estimate of drug-likeness (QED) is 0.913. The fourth-order valence-corrected chi connectivity index (χ4v) is 3.90. The highest BCUT2D eigenvalue weighted by Gasteiger charge is 2.43. The van der Waals surface area contributed by atoms with Gasteiger partial charge in [-0.05, 0) is 43.5 Å². The number of nitrogens with one attached hydrogen (secondary N) is 1. The molecule has 2 aliphatic heterocycles. The van der Waals surface area contributed by atoms with Crippen LogP contribution in [0.1, 0.15) is 30.9 Å². The summed E-state index contributed by atoms with van der Waals surface area (Å²) in [5.74, 6) is 0.516. The predicted octanol–water partition coefficient (Wildman–Crippen LogP) is 3.84. The minimum Gasteiger partial charge on any atom is -0.378 e. The van der Waals surface area contributed by atoms with Crippen molar-refractivity contribution in [2.75, 3.05) is 26.9 Å². The van der Waals surface area contributed by atoms with E-state index in [9.17, 15) is 0 Å². The zero-order valence-electron chi connectivity index (χ0n) is 12.2. The van der Waals surface area contributed by atoms with Crippen LogP contribution in [-0.2, 0) is 9.47 Å². The number of halogens is 2. The van der Waals surface area contributed by atoms with E-state index in [1.165, 1.54) is 5.56 Å². The van der Waals surface area contributed by atoms with Crippen molar-refractivity contribution >= 4 is 23.2 Å². The van der Waals surface area contributed by atoms with Gasteiger partial charge in [-0.15, -0.1) is 0 Å². The van der Waals surface area contributed by atoms with Crippen LogP contribution in [0.5, 0.6) is 0 Å². The van der Waals surface area contributed by atoms with Gasteiger partial charge in [-0.2, -0.15) is 0 Å². The molecular weight excluding hydrogens is 309 g/mol. The van der Waals surface area contributed by atoms with Crippen LogP contribution < -0.4 is 5.32 Å². The molecule has 0 saturated carbocycles. The van der Waals surface area contributed by atoms with Crippen LogP contribution in [-0.4, -0.2) is 32.5 Å². The van der Waals surface area contributed by atoms with Crippen LogP contribution in [0, 0.1) is 5.92 Å². The Bertz CT molecular complexity index is 503. The van der Waals surface area contributed by atoms with Crippen molar-refractivity contribution in [2.24, 2.45) is 5.92 Å². The molecule has 3 rings (SSSR count). The van der Waals surface area contributed by atoms with Gasteiger partial charge in [0.1, 0.15) is 0 Å². The molecule has 0 aliphatic carbocycles. The zero-order chi connectivity index (χ0) is 14.9. The van der Waals surface area contributed by atoms with Crippen molar-refractivity contribution in [1.82, 2.24) is 5.32 Å². The third-order valence-corrected chi connectivity index (χ3v) is 5.42. The molecule has 1 aromatic carbocycles. The van der Waals surface area contributed by atoms with Gasteiger partial charge in [-0.3, -0.25) is 0 Å². The molecule has 1 spiro atoms. The number of rotatable bonds is 3. The van der Waals surface area contributed by atoms with E-state index in [2.05, 4.69) is 11.4 Å². The average Bonchev–Trinajstić information content (AvgIpc) is 2.91. The Hall–Kier alpha value is -0.320. The van der Waals surface area contributed by atoms with Gasteiger partial charge in [-0.1, -0.05) is 29.3 Å². The van der Waals surface area contributed by atoms with E-state index in [-0.39, 0.29) is 11.6 Å². The highest BCUT2D eigenvalue weighted by Crippen LogP contribution is 2.41. The molecule has 2 aliphatic rings. The first-order valence-corrected chi connectivity index (χ1v) is 8.23. The second-order valence-corrected chi connectivity index (χ2v) is 6.84. The molecular formula is C16H21Cl2NO2. The highest BCUT2D eigenvalue weighted by atomic mass is 35.5. The lowest BCUT2D eigenvalue weighted by Crippen LogP contribution is -2.43. The molecule has 1 N–H and O–H groups in total. The van der Waals surface area contributed by atoms with Gasteiger partial charge in [0.15, 0.2) is 0 Å². The van der Waals surface area contributed by atoms with Crippen molar-refractivity contribution in [3.8, 4) is 0 Å². The van der Waals surface area contributed by atoms with Crippen LogP contribution in [0.2, 0.25) is 10.0 Å². The molecule has 0 aromatic heterocycles. The first kappa shape index (κ1) is 15.6. The maximum absolute atomic E-state index is 6.17. The van der Waals surface area contributed by atoms with Crippen molar-refractivity contribution in [2.45, 2.75) is 30.9 Å². The first-order valence-electron chi connectivity index (χ1n) is 7.47. The van der Waals surface area contributed by atoms with E-state index in [0.717, 1.165) is 39.1 Å². The number of hydrogen-bond donors (Lipinski definition) is 1. The van der Waals surface area contributed by atoms with Gasteiger partial charge in [0, 0.05) is 25.7 Å². The lowest BCUT2D eigenvalue weighted by molar-refractivity contribution is -0.103. The Labute approximate surface area is 135 Å². The van der Waals surface area contributed by atoms with E-state index in [1.807, 2.05) is 19.2 Å². The van der Waals surface area contributed by atoms with Gasteiger partial charge in [0.25, 0.3) is 0 Å². The molecule has 21 heavy (non-hydrogen) atoms. The Morgan fingerprint density at radius 2 is 2.14 bits per heavy atom. The lowest BCUT2D eigenvalue weighted by atomic mass is 9.79. The van der Waals surface area contributed by atoms with Crippen LogP contribution in [0.3, 0.4) is 0 Å². The van der Waals surface area contributed by atoms with Gasteiger partial charge < -0.3 is 14.8 Å². The topological polar surface area (TPSA) is 30.5 Å². The summed E-state index contributed by atoms with van der Waals surface area (Å²) >= 11 is 12.2. The van der Waals surface area contributed by atoms with Crippen molar-refractivity contribution < 1.29 is 9.47 Å². The van der Waals surface area contributed by atoms with Crippen LogP contribution in [0.25, 0.3) is 0 Å². The minimum absolute atomic E-state index is 0.0752. The van der Waals surface area contributed by atoms with Gasteiger partial charge in [-0.25, -0.2) is 0 Å². The molecule has 3 atom stereocenters. The zero-order valence-corrected chi connectivity index (χ0v) is 13.7. The molecule has 0 radical (unpaired) electrons. The second-order valence-electron chi connectivity index (χ2n) is 6.03. The monoisotopic (exact) mass is 329 g/mol. The minimum atomic E-state index is -0.0752. The van der Waals surface area contributed by atoms with E-state index < -0.39 is 0 Å². The van der Waals surface area contributed by atoms with Crippen molar-refractivity contribution in [3.05, 3.63) is 33.8 Å². The lowest BCUT2D eigenvalue weighted by Gasteiger charge is -2.40. The van der Waals surface area contributed by atoms with Crippen LogP contribution in [0.4, 0.5) is 0 Å². The van der Waals surface area contributed by atoms with E-state index in [4.69, 9.17) is 32.7 Å². The molecule has 3 unspecified atom stereocenters. The summed E-state index contributed by atoms with van der Waals surface area (Å²) in [7, 11) is 2.00. The molecule has 0 bridgehead atoms. The summed E-state index contributed by atoms with van der Waals surface area (Å²) in [6.07, 6.45) is 3.08. The Morgan fingerprint density at radius 1 is 1.29 bits per heavy atom. The summed E-state index contributed by atoms with van der Waals surface area (Å²) in [4.78, 5) is 0. The first-order chi connectivity index (χ1) is 10.1. The van der Waals surface area contributed by atoms with Crippen LogP contribution in [0.15, 0.2) is 18.2 Å². The molecule has 0 amide bonds. The fraction of sp³-hybridized carbons (Fsp3) is 0.625. The van der Waals surface area contributed by atoms with Crippen molar-refractivity contribution in [3.63, 3.8) is 0 Å². The maximum Gasteiger partial charge on any atom is 0.0940 e. The molecule has 2 fully saturated rings. The van der Waals surface area contributed by atoms with E-state index in [1.54, 1.807) is 0 Å². The third-order valence-electron chi connectivity index (χ3n) is 4.68. The number of ether oxygens (including phenoxy) is 2. The summed E-state index contributed by atoms with van der Waals surface area (Å²) in [5.41, 5.74) is 1.11.